The third kappa shape index (κ3) is 5.19. The molecule has 1 N–H and O–H groups in total. The number of carbonyl (C=O) groups excluding carboxylic acids is 1. The molecule has 1 heterocycles. The van der Waals surface area contributed by atoms with E-state index in [-0.39, 0.29) is 12.4 Å². The molecule has 0 spiro atoms. The second-order valence-electron chi connectivity index (χ2n) is 3.14. The van der Waals surface area contributed by atoms with Gasteiger partial charge in [0.1, 0.15) is 5.82 Å². The second-order valence-corrected chi connectivity index (χ2v) is 4.40. The Morgan fingerprint density at radius 3 is 3.06 bits per heavy atom. The van der Waals surface area contributed by atoms with Crippen LogP contribution in [0.15, 0.2) is 29.0 Å². The molecule has 0 aliphatic rings. The van der Waals surface area contributed by atoms with Crippen molar-refractivity contribution in [2.75, 3.05) is 7.11 Å². The molecular weight excluding hydrogens is 307 g/mol. The minimum Gasteiger partial charge on any atom is -0.469 e. The largest absolute Gasteiger partial charge is 0.469 e. The van der Waals surface area contributed by atoms with Crippen LogP contribution in [0.4, 0.5) is 0 Å². The van der Waals surface area contributed by atoms with E-state index in [4.69, 9.17) is 11.6 Å². The standard InChI is InChI=1S/C11H12BrClN2O2/c1-17-11(16)3-2-10-14-6-4-8(12)9(13)5-7-15-10/h4-7H,2-3H2,1H3,(H,14,15). The van der Waals surface area contributed by atoms with Gasteiger partial charge in [-0.05, 0) is 28.1 Å². The number of esters is 1. The van der Waals surface area contributed by atoms with Gasteiger partial charge in [0.05, 0.1) is 18.6 Å². The first kappa shape index (κ1) is 14.0. The van der Waals surface area contributed by atoms with Crippen LogP contribution in [0, 0.1) is 0 Å². The molecule has 1 rings (SSSR count). The zero-order chi connectivity index (χ0) is 12.7. The quantitative estimate of drug-likeness (QED) is 0.871. The average Bonchev–Trinajstić information content (AvgIpc) is 2.40. The molecule has 0 saturated heterocycles. The van der Waals surface area contributed by atoms with Gasteiger partial charge in [-0.15, -0.1) is 0 Å². The molecule has 6 heteroatoms. The van der Waals surface area contributed by atoms with Crippen LogP contribution in [0.5, 0.6) is 0 Å². The molecule has 0 saturated carbocycles. The van der Waals surface area contributed by atoms with E-state index < -0.39 is 0 Å². The van der Waals surface area contributed by atoms with Gasteiger partial charge in [-0.2, -0.15) is 0 Å². The van der Waals surface area contributed by atoms with Gasteiger partial charge in [0.2, 0.25) is 0 Å². The Morgan fingerprint density at radius 1 is 1.59 bits per heavy atom. The molecule has 1 aromatic heterocycles. The highest BCUT2D eigenvalue weighted by Crippen LogP contribution is 2.18. The fourth-order valence-electron chi connectivity index (χ4n) is 1.06. The van der Waals surface area contributed by atoms with E-state index in [1.807, 2.05) is 0 Å². The average molecular weight is 320 g/mol. The lowest BCUT2D eigenvalue weighted by Gasteiger charge is -1.97. The molecule has 0 aliphatic carbocycles. The number of H-pyrrole nitrogens is 1. The molecule has 0 amide bonds. The van der Waals surface area contributed by atoms with Crippen molar-refractivity contribution in [1.82, 2.24) is 9.97 Å². The van der Waals surface area contributed by atoms with Crippen molar-refractivity contribution in [3.05, 3.63) is 39.8 Å². The lowest BCUT2D eigenvalue weighted by atomic mass is 10.3. The van der Waals surface area contributed by atoms with Crippen molar-refractivity contribution < 1.29 is 9.53 Å². The minimum atomic E-state index is -0.264. The minimum absolute atomic E-state index is 0.264. The number of aromatic amines is 1. The number of aromatic nitrogens is 2. The Morgan fingerprint density at radius 2 is 2.35 bits per heavy atom. The number of nitrogens with one attached hydrogen (secondary N) is 1. The number of nitrogens with zero attached hydrogens (tertiary/aromatic N) is 1. The van der Waals surface area contributed by atoms with E-state index in [1.54, 1.807) is 24.5 Å². The smallest absolute Gasteiger partial charge is 0.305 e. The Labute approximate surface area is 113 Å². The molecule has 0 fully saturated rings. The first-order valence-electron chi connectivity index (χ1n) is 4.92. The highest BCUT2D eigenvalue weighted by molar-refractivity contribution is 9.10. The molecule has 17 heavy (non-hydrogen) atoms. The molecule has 0 atom stereocenters. The Balaban J connectivity index is 2.88. The summed E-state index contributed by atoms with van der Waals surface area (Å²) in [5.74, 6) is 0.411. The highest BCUT2D eigenvalue weighted by atomic mass is 79.9. The summed E-state index contributed by atoms with van der Waals surface area (Å²) >= 11 is 9.25. The van der Waals surface area contributed by atoms with Gasteiger partial charge in [-0.25, -0.2) is 4.98 Å². The van der Waals surface area contributed by atoms with E-state index >= 15 is 0 Å². The normalized spacial score (nSPS) is 9.59. The molecular formula is C11H12BrClN2O2. The SMILES string of the molecule is COC(=O)CCc1nccc(Br)c(Cl)cc[nH]1. The summed E-state index contributed by atoms with van der Waals surface area (Å²) in [6.45, 7) is 0. The van der Waals surface area contributed by atoms with Crippen LogP contribution in [0.2, 0.25) is 5.02 Å². The molecule has 4 nitrogen and oxygen atoms in total. The molecule has 0 aromatic carbocycles. The zero-order valence-electron chi connectivity index (χ0n) is 9.24. The van der Waals surface area contributed by atoms with Crippen molar-refractivity contribution in [2.24, 2.45) is 0 Å². The van der Waals surface area contributed by atoms with E-state index in [0.29, 0.717) is 17.3 Å². The maximum atomic E-state index is 11.0. The number of hydrogen-bond donors (Lipinski definition) is 1. The third-order valence-corrected chi connectivity index (χ3v) is 3.20. The maximum absolute atomic E-state index is 11.0. The van der Waals surface area contributed by atoms with E-state index in [0.717, 1.165) is 4.47 Å². The first-order valence-corrected chi connectivity index (χ1v) is 6.09. The number of halogens is 2. The molecule has 0 bridgehead atoms. The van der Waals surface area contributed by atoms with Crippen LogP contribution < -0.4 is 0 Å². The molecule has 1 aromatic rings. The summed E-state index contributed by atoms with van der Waals surface area (Å²) in [5, 5.41) is 0.568. The molecule has 92 valence electrons. The summed E-state index contributed by atoms with van der Waals surface area (Å²) in [6, 6.07) is 3.44. The van der Waals surface area contributed by atoms with Gasteiger partial charge in [0.15, 0.2) is 0 Å². The maximum Gasteiger partial charge on any atom is 0.305 e. The van der Waals surface area contributed by atoms with Crippen molar-refractivity contribution in [3.63, 3.8) is 0 Å². The predicted molar refractivity (Wildman–Crippen MR) is 69.3 cm³/mol. The fourth-order valence-corrected chi connectivity index (χ4v) is 1.44. The third-order valence-electron chi connectivity index (χ3n) is 1.95. The van der Waals surface area contributed by atoms with Gasteiger partial charge in [-0.1, -0.05) is 11.6 Å². The monoisotopic (exact) mass is 318 g/mol. The number of rotatable bonds is 3. The molecule has 0 aliphatic heterocycles. The number of carbonyl (C=O) groups is 1. The number of aryl methyl sites for hydroxylation is 1. The lowest BCUT2D eigenvalue weighted by Crippen LogP contribution is -2.03. The van der Waals surface area contributed by atoms with Crippen LogP contribution in [0.3, 0.4) is 0 Å². The van der Waals surface area contributed by atoms with Crippen molar-refractivity contribution in [1.29, 1.82) is 0 Å². The molecule has 0 unspecified atom stereocenters. The van der Waals surface area contributed by atoms with Crippen LogP contribution in [0.1, 0.15) is 12.2 Å². The Bertz CT molecular complexity index is 417. The van der Waals surface area contributed by atoms with Gasteiger partial charge in [-0.3, -0.25) is 4.79 Å². The summed E-state index contributed by atoms with van der Waals surface area (Å²) in [7, 11) is 1.36. The number of methoxy groups -OCH3 is 1. The summed E-state index contributed by atoms with van der Waals surface area (Å²) < 4.78 is 5.31. The van der Waals surface area contributed by atoms with Crippen molar-refractivity contribution in [3.8, 4) is 0 Å². The van der Waals surface area contributed by atoms with Gasteiger partial charge in [0, 0.05) is 23.3 Å². The van der Waals surface area contributed by atoms with Gasteiger partial charge < -0.3 is 9.72 Å². The fraction of sp³-hybridized carbons (Fsp3) is 0.273. The van der Waals surface area contributed by atoms with Gasteiger partial charge >= 0.3 is 5.97 Å². The van der Waals surface area contributed by atoms with E-state index in [1.165, 1.54) is 7.11 Å². The Kier molecular flexibility index (Phi) is 6.00. The number of hydrogen-bond acceptors (Lipinski definition) is 3. The van der Waals surface area contributed by atoms with Gasteiger partial charge in [0.25, 0.3) is 0 Å². The van der Waals surface area contributed by atoms with Crippen LogP contribution >= 0.6 is 27.5 Å². The van der Waals surface area contributed by atoms with E-state index in [2.05, 4.69) is 30.6 Å². The van der Waals surface area contributed by atoms with E-state index in [9.17, 15) is 4.79 Å². The van der Waals surface area contributed by atoms with Crippen LogP contribution in [0.25, 0.3) is 0 Å². The summed E-state index contributed by atoms with van der Waals surface area (Å²) in [4.78, 5) is 18.1. The summed E-state index contributed by atoms with van der Waals surface area (Å²) in [5.41, 5.74) is 0. The Hall–Kier alpha value is -1.07. The highest BCUT2D eigenvalue weighted by Gasteiger charge is 2.01. The van der Waals surface area contributed by atoms with Crippen molar-refractivity contribution >= 4 is 33.5 Å². The number of ether oxygens (including phenoxy) is 1. The second kappa shape index (κ2) is 7.29. The zero-order valence-corrected chi connectivity index (χ0v) is 11.6. The first-order chi connectivity index (χ1) is 8.13. The lowest BCUT2D eigenvalue weighted by molar-refractivity contribution is -0.140. The summed E-state index contributed by atoms with van der Waals surface area (Å²) in [6.07, 6.45) is 4.05. The topological polar surface area (TPSA) is 55.0 Å². The molecule has 0 radical (unpaired) electrons. The van der Waals surface area contributed by atoms with Crippen LogP contribution in [-0.2, 0) is 16.0 Å². The predicted octanol–water partition coefficient (Wildman–Crippen LogP) is 3.06. The van der Waals surface area contributed by atoms with Crippen molar-refractivity contribution in [2.45, 2.75) is 12.8 Å². The van der Waals surface area contributed by atoms with Crippen LogP contribution in [-0.4, -0.2) is 23.0 Å².